The summed E-state index contributed by atoms with van der Waals surface area (Å²) >= 11 is 0. The third-order valence-electron chi connectivity index (χ3n) is 4.25. The number of nitrogens with zero attached hydrogens (tertiary/aromatic N) is 1. The van der Waals surface area contributed by atoms with Crippen LogP contribution in [-0.2, 0) is 11.2 Å². The molecule has 144 valence electrons. The monoisotopic (exact) mass is 370 g/mol. The molecule has 0 aliphatic rings. The zero-order valence-corrected chi connectivity index (χ0v) is 16.0. The Labute approximate surface area is 160 Å². The Bertz CT molecular complexity index is 727. The molecular weight excluding hydrogens is 343 g/mol. The van der Waals surface area contributed by atoms with Crippen LogP contribution in [0.5, 0.6) is 5.75 Å². The number of carbonyl (C=O) groups excluding carboxylic acids is 1. The molecule has 5 heteroatoms. The highest BCUT2D eigenvalue weighted by molar-refractivity contribution is 5.91. The maximum absolute atomic E-state index is 12.8. The summed E-state index contributed by atoms with van der Waals surface area (Å²) in [7, 11) is 3.75. The molecule has 0 bridgehead atoms. The van der Waals surface area contributed by atoms with Crippen molar-refractivity contribution < 1.29 is 13.9 Å². The SMILES string of the molecule is COc1ccc(CCN(C)CCCNC(=O)C=Cc2ccc(F)cc2)cc1. The number of rotatable bonds is 10. The number of nitrogens with one attached hydrogen (secondary N) is 1. The highest BCUT2D eigenvalue weighted by Gasteiger charge is 2.01. The van der Waals surface area contributed by atoms with Crippen molar-refractivity contribution in [2.24, 2.45) is 0 Å². The van der Waals surface area contributed by atoms with Crippen LogP contribution >= 0.6 is 0 Å². The van der Waals surface area contributed by atoms with Crippen molar-refractivity contribution in [2.75, 3.05) is 33.8 Å². The van der Waals surface area contributed by atoms with Gasteiger partial charge in [0.2, 0.25) is 5.91 Å². The van der Waals surface area contributed by atoms with Crippen molar-refractivity contribution in [3.8, 4) is 5.75 Å². The van der Waals surface area contributed by atoms with Gasteiger partial charge in [-0.3, -0.25) is 4.79 Å². The Morgan fingerprint density at radius 1 is 1.11 bits per heavy atom. The summed E-state index contributed by atoms with van der Waals surface area (Å²) in [6.45, 7) is 2.50. The Morgan fingerprint density at radius 3 is 2.48 bits per heavy atom. The van der Waals surface area contributed by atoms with Gasteiger partial charge in [0.15, 0.2) is 0 Å². The third-order valence-corrected chi connectivity index (χ3v) is 4.25. The second-order valence-corrected chi connectivity index (χ2v) is 6.43. The van der Waals surface area contributed by atoms with Gasteiger partial charge < -0.3 is 15.0 Å². The van der Waals surface area contributed by atoms with E-state index in [1.807, 2.05) is 12.1 Å². The molecule has 0 spiro atoms. The number of likely N-dealkylation sites (N-methyl/N-ethyl adjacent to an activating group) is 1. The molecule has 0 aliphatic heterocycles. The van der Waals surface area contributed by atoms with Crippen LogP contribution in [0.15, 0.2) is 54.6 Å². The van der Waals surface area contributed by atoms with Gasteiger partial charge in [0.25, 0.3) is 0 Å². The van der Waals surface area contributed by atoms with Gasteiger partial charge >= 0.3 is 0 Å². The van der Waals surface area contributed by atoms with Gasteiger partial charge in [-0.2, -0.15) is 0 Å². The van der Waals surface area contributed by atoms with Gasteiger partial charge in [-0.1, -0.05) is 24.3 Å². The predicted octanol–water partition coefficient (Wildman–Crippen LogP) is 3.53. The van der Waals surface area contributed by atoms with Gasteiger partial charge in [0, 0.05) is 19.2 Å². The standard InChI is InChI=1S/C22H27FN2O2/c1-25(17-14-19-6-11-21(27-2)12-7-19)16-3-15-24-22(26)13-8-18-4-9-20(23)10-5-18/h4-13H,3,14-17H2,1-2H3,(H,24,26). The lowest BCUT2D eigenvalue weighted by Gasteiger charge is -2.16. The lowest BCUT2D eigenvalue weighted by molar-refractivity contribution is -0.116. The summed E-state index contributed by atoms with van der Waals surface area (Å²) in [5, 5.41) is 2.87. The van der Waals surface area contributed by atoms with E-state index in [4.69, 9.17) is 4.74 Å². The topological polar surface area (TPSA) is 41.6 Å². The van der Waals surface area contributed by atoms with E-state index in [2.05, 4.69) is 29.4 Å². The molecule has 0 unspecified atom stereocenters. The molecule has 2 rings (SSSR count). The molecule has 0 aromatic heterocycles. The van der Waals surface area contributed by atoms with Crippen LogP contribution in [0.1, 0.15) is 17.5 Å². The maximum Gasteiger partial charge on any atom is 0.243 e. The van der Waals surface area contributed by atoms with E-state index >= 15 is 0 Å². The fourth-order valence-corrected chi connectivity index (χ4v) is 2.59. The van der Waals surface area contributed by atoms with Gasteiger partial charge in [-0.05, 0) is 67.9 Å². The van der Waals surface area contributed by atoms with Crippen LogP contribution in [0.2, 0.25) is 0 Å². The van der Waals surface area contributed by atoms with E-state index in [1.54, 1.807) is 25.3 Å². The van der Waals surface area contributed by atoms with Crippen molar-refractivity contribution in [1.29, 1.82) is 0 Å². The predicted molar refractivity (Wildman–Crippen MR) is 107 cm³/mol. The summed E-state index contributed by atoms with van der Waals surface area (Å²) in [6.07, 6.45) is 5.01. The molecule has 1 N–H and O–H groups in total. The number of hydrogen-bond donors (Lipinski definition) is 1. The first kappa shape index (κ1) is 20.6. The Balaban J connectivity index is 1.59. The Hall–Kier alpha value is -2.66. The van der Waals surface area contributed by atoms with Crippen LogP contribution in [0.3, 0.4) is 0 Å². The van der Waals surface area contributed by atoms with E-state index in [1.165, 1.54) is 23.8 Å². The quantitative estimate of drug-likeness (QED) is 0.514. The van der Waals surface area contributed by atoms with Crippen LogP contribution in [0.25, 0.3) is 6.08 Å². The minimum Gasteiger partial charge on any atom is -0.497 e. The van der Waals surface area contributed by atoms with Crippen molar-refractivity contribution in [1.82, 2.24) is 10.2 Å². The van der Waals surface area contributed by atoms with Crippen LogP contribution in [0.4, 0.5) is 4.39 Å². The van der Waals surface area contributed by atoms with Gasteiger partial charge in [-0.15, -0.1) is 0 Å². The number of hydrogen-bond acceptors (Lipinski definition) is 3. The number of benzene rings is 2. The Morgan fingerprint density at radius 2 is 1.81 bits per heavy atom. The first-order valence-corrected chi connectivity index (χ1v) is 9.10. The first-order valence-electron chi connectivity index (χ1n) is 9.10. The highest BCUT2D eigenvalue weighted by Crippen LogP contribution is 2.11. The zero-order valence-electron chi connectivity index (χ0n) is 16.0. The van der Waals surface area contributed by atoms with E-state index in [0.29, 0.717) is 6.54 Å². The van der Waals surface area contributed by atoms with Gasteiger partial charge in [-0.25, -0.2) is 4.39 Å². The fraction of sp³-hybridized carbons (Fsp3) is 0.318. The third kappa shape index (κ3) is 8.05. The number of halogens is 1. The molecule has 2 aromatic rings. The second-order valence-electron chi connectivity index (χ2n) is 6.43. The summed E-state index contributed by atoms with van der Waals surface area (Å²) in [6, 6.07) is 14.1. The van der Waals surface area contributed by atoms with Crippen molar-refractivity contribution in [3.63, 3.8) is 0 Å². The van der Waals surface area contributed by atoms with E-state index < -0.39 is 0 Å². The summed E-state index contributed by atoms with van der Waals surface area (Å²) in [5.41, 5.74) is 2.08. The van der Waals surface area contributed by atoms with Crippen LogP contribution in [0, 0.1) is 5.82 Å². The molecular formula is C22H27FN2O2. The average Bonchev–Trinajstić information content (AvgIpc) is 2.69. The molecule has 0 heterocycles. The number of methoxy groups -OCH3 is 1. The van der Waals surface area contributed by atoms with E-state index in [0.717, 1.165) is 37.2 Å². The maximum atomic E-state index is 12.8. The molecule has 4 nitrogen and oxygen atoms in total. The lowest BCUT2D eigenvalue weighted by atomic mass is 10.1. The smallest absolute Gasteiger partial charge is 0.243 e. The first-order chi connectivity index (χ1) is 13.1. The molecule has 0 saturated carbocycles. The molecule has 1 amide bonds. The minimum atomic E-state index is -0.285. The normalized spacial score (nSPS) is 11.1. The molecule has 0 aliphatic carbocycles. The van der Waals surface area contributed by atoms with Crippen molar-refractivity contribution >= 4 is 12.0 Å². The molecule has 0 saturated heterocycles. The van der Waals surface area contributed by atoms with E-state index in [-0.39, 0.29) is 11.7 Å². The number of carbonyl (C=O) groups is 1. The minimum absolute atomic E-state index is 0.139. The lowest BCUT2D eigenvalue weighted by Crippen LogP contribution is -2.28. The number of ether oxygens (including phenoxy) is 1. The van der Waals surface area contributed by atoms with Crippen LogP contribution < -0.4 is 10.1 Å². The highest BCUT2D eigenvalue weighted by atomic mass is 19.1. The Kier molecular flexibility index (Phi) is 8.52. The molecule has 0 atom stereocenters. The summed E-state index contributed by atoms with van der Waals surface area (Å²) < 4.78 is 18.0. The van der Waals surface area contributed by atoms with E-state index in [9.17, 15) is 9.18 Å². The van der Waals surface area contributed by atoms with Crippen molar-refractivity contribution in [2.45, 2.75) is 12.8 Å². The largest absolute Gasteiger partial charge is 0.497 e. The zero-order chi connectivity index (χ0) is 19.5. The fourth-order valence-electron chi connectivity index (χ4n) is 2.59. The second kappa shape index (κ2) is 11.1. The molecule has 2 aromatic carbocycles. The molecule has 0 radical (unpaired) electrons. The van der Waals surface area contributed by atoms with Crippen LogP contribution in [-0.4, -0.2) is 44.6 Å². The number of amides is 1. The molecule has 27 heavy (non-hydrogen) atoms. The van der Waals surface area contributed by atoms with Crippen molar-refractivity contribution in [3.05, 3.63) is 71.6 Å². The average molecular weight is 370 g/mol. The van der Waals surface area contributed by atoms with Gasteiger partial charge in [0.1, 0.15) is 11.6 Å². The summed E-state index contributed by atoms with van der Waals surface area (Å²) in [4.78, 5) is 14.0. The summed E-state index contributed by atoms with van der Waals surface area (Å²) in [5.74, 6) is 0.448. The molecule has 0 fully saturated rings. The van der Waals surface area contributed by atoms with Gasteiger partial charge in [0.05, 0.1) is 7.11 Å².